The summed E-state index contributed by atoms with van der Waals surface area (Å²) in [6.45, 7) is 7.44. The molecule has 0 spiro atoms. The fourth-order valence-electron chi connectivity index (χ4n) is 1.63. The van der Waals surface area contributed by atoms with Crippen molar-refractivity contribution in [3.05, 3.63) is 23.9 Å². The first-order valence-electron chi connectivity index (χ1n) is 5.46. The Bertz CT molecular complexity index is 299. The van der Waals surface area contributed by atoms with Crippen molar-refractivity contribution in [2.45, 2.75) is 33.2 Å². The summed E-state index contributed by atoms with van der Waals surface area (Å²) >= 11 is 0. The standard InChI is InChI=1S/C12H20N2O/c1-10(2)14(8-5-9-15)12-11(3)6-4-7-13-12/h4,6-7,10,15H,5,8-9H2,1-3H3. The summed E-state index contributed by atoms with van der Waals surface area (Å²) in [7, 11) is 0. The van der Waals surface area contributed by atoms with Crippen LogP contribution in [0.25, 0.3) is 0 Å². The van der Waals surface area contributed by atoms with E-state index in [-0.39, 0.29) is 6.61 Å². The molecule has 0 saturated carbocycles. The molecule has 0 atom stereocenters. The summed E-state index contributed by atoms with van der Waals surface area (Å²) in [5, 5.41) is 8.87. The Hall–Kier alpha value is -1.09. The number of hydrogen-bond donors (Lipinski definition) is 1. The number of anilines is 1. The first-order chi connectivity index (χ1) is 7.16. The number of nitrogens with zero attached hydrogens (tertiary/aromatic N) is 2. The van der Waals surface area contributed by atoms with Crippen LogP contribution in [0.1, 0.15) is 25.8 Å². The molecular formula is C12H20N2O. The quantitative estimate of drug-likeness (QED) is 0.804. The van der Waals surface area contributed by atoms with Crippen molar-refractivity contribution in [2.75, 3.05) is 18.1 Å². The van der Waals surface area contributed by atoms with Crippen molar-refractivity contribution >= 4 is 5.82 Å². The van der Waals surface area contributed by atoms with E-state index in [4.69, 9.17) is 5.11 Å². The van der Waals surface area contributed by atoms with Crippen molar-refractivity contribution in [3.8, 4) is 0 Å². The average molecular weight is 208 g/mol. The van der Waals surface area contributed by atoms with Gasteiger partial charge in [-0.05, 0) is 38.8 Å². The van der Waals surface area contributed by atoms with E-state index in [9.17, 15) is 0 Å². The van der Waals surface area contributed by atoms with E-state index in [2.05, 4.69) is 36.7 Å². The second kappa shape index (κ2) is 5.71. The maximum absolute atomic E-state index is 8.87. The number of aliphatic hydroxyl groups is 1. The predicted octanol–water partition coefficient (Wildman–Crippen LogP) is 1.99. The van der Waals surface area contributed by atoms with E-state index in [0.717, 1.165) is 18.8 Å². The number of aromatic nitrogens is 1. The lowest BCUT2D eigenvalue weighted by Gasteiger charge is -2.28. The third-order valence-electron chi connectivity index (χ3n) is 2.43. The molecule has 1 N–H and O–H groups in total. The number of hydrogen-bond acceptors (Lipinski definition) is 3. The zero-order chi connectivity index (χ0) is 11.3. The summed E-state index contributed by atoms with van der Waals surface area (Å²) < 4.78 is 0. The van der Waals surface area contributed by atoms with Crippen LogP contribution in [0.5, 0.6) is 0 Å². The van der Waals surface area contributed by atoms with Crippen molar-refractivity contribution in [1.29, 1.82) is 0 Å². The second-order valence-electron chi connectivity index (χ2n) is 4.01. The molecule has 84 valence electrons. The minimum absolute atomic E-state index is 0.231. The molecule has 1 rings (SSSR count). The number of aryl methyl sites for hydroxylation is 1. The Morgan fingerprint density at radius 3 is 2.73 bits per heavy atom. The van der Waals surface area contributed by atoms with Crippen LogP contribution >= 0.6 is 0 Å². The maximum atomic E-state index is 8.87. The highest BCUT2D eigenvalue weighted by Crippen LogP contribution is 2.18. The van der Waals surface area contributed by atoms with E-state index in [1.165, 1.54) is 5.56 Å². The fraction of sp³-hybridized carbons (Fsp3) is 0.583. The van der Waals surface area contributed by atoms with Gasteiger partial charge in [-0.3, -0.25) is 0 Å². The highest BCUT2D eigenvalue weighted by atomic mass is 16.3. The summed E-state index contributed by atoms with van der Waals surface area (Å²) in [6, 6.07) is 4.42. The van der Waals surface area contributed by atoms with Gasteiger partial charge in [-0.1, -0.05) is 6.07 Å². The smallest absolute Gasteiger partial charge is 0.131 e. The summed E-state index contributed by atoms with van der Waals surface area (Å²) in [6.07, 6.45) is 2.60. The zero-order valence-electron chi connectivity index (χ0n) is 9.77. The number of aliphatic hydroxyl groups excluding tert-OH is 1. The molecule has 0 fully saturated rings. The summed E-state index contributed by atoms with van der Waals surface area (Å²) in [4.78, 5) is 6.62. The summed E-state index contributed by atoms with van der Waals surface area (Å²) in [5.74, 6) is 1.03. The SMILES string of the molecule is Cc1cccnc1N(CCCO)C(C)C. The van der Waals surface area contributed by atoms with E-state index >= 15 is 0 Å². The predicted molar refractivity (Wildman–Crippen MR) is 63.2 cm³/mol. The Labute approximate surface area is 91.8 Å². The van der Waals surface area contributed by atoms with Gasteiger partial charge >= 0.3 is 0 Å². The van der Waals surface area contributed by atoms with Crippen molar-refractivity contribution in [3.63, 3.8) is 0 Å². The molecule has 1 aromatic heterocycles. The van der Waals surface area contributed by atoms with Crippen LogP contribution in [-0.4, -0.2) is 29.3 Å². The van der Waals surface area contributed by atoms with Gasteiger partial charge in [-0.15, -0.1) is 0 Å². The molecule has 1 heterocycles. The van der Waals surface area contributed by atoms with Crippen LogP contribution in [-0.2, 0) is 0 Å². The van der Waals surface area contributed by atoms with Gasteiger partial charge < -0.3 is 10.0 Å². The Morgan fingerprint density at radius 2 is 2.20 bits per heavy atom. The lowest BCUT2D eigenvalue weighted by atomic mass is 10.2. The molecule has 0 saturated heterocycles. The molecule has 3 nitrogen and oxygen atoms in total. The van der Waals surface area contributed by atoms with E-state index < -0.39 is 0 Å². The van der Waals surface area contributed by atoms with Gasteiger partial charge in [0.2, 0.25) is 0 Å². The maximum Gasteiger partial charge on any atom is 0.131 e. The van der Waals surface area contributed by atoms with Crippen molar-refractivity contribution in [1.82, 2.24) is 4.98 Å². The van der Waals surface area contributed by atoms with Crippen LogP contribution in [0.15, 0.2) is 18.3 Å². The molecule has 0 amide bonds. The minimum Gasteiger partial charge on any atom is -0.396 e. The highest BCUT2D eigenvalue weighted by Gasteiger charge is 2.12. The van der Waals surface area contributed by atoms with E-state index in [1.807, 2.05) is 12.3 Å². The fourth-order valence-corrected chi connectivity index (χ4v) is 1.63. The molecule has 0 bridgehead atoms. The molecule has 0 aliphatic heterocycles. The van der Waals surface area contributed by atoms with Gasteiger partial charge in [-0.25, -0.2) is 4.98 Å². The van der Waals surface area contributed by atoms with Crippen LogP contribution in [0.3, 0.4) is 0 Å². The van der Waals surface area contributed by atoms with Crippen molar-refractivity contribution in [2.24, 2.45) is 0 Å². The minimum atomic E-state index is 0.231. The molecule has 3 heteroatoms. The Balaban J connectivity index is 2.84. The van der Waals surface area contributed by atoms with Gasteiger partial charge in [0.15, 0.2) is 0 Å². The molecule has 15 heavy (non-hydrogen) atoms. The highest BCUT2D eigenvalue weighted by molar-refractivity contribution is 5.46. The average Bonchev–Trinajstić information content (AvgIpc) is 2.20. The Morgan fingerprint density at radius 1 is 1.47 bits per heavy atom. The molecule has 0 aromatic carbocycles. The third kappa shape index (κ3) is 3.20. The van der Waals surface area contributed by atoms with Gasteiger partial charge in [0.25, 0.3) is 0 Å². The number of pyridine rings is 1. The largest absolute Gasteiger partial charge is 0.396 e. The normalized spacial score (nSPS) is 10.7. The third-order valence-corrected chi connectivity index (χ3v) is 2.43. The molecule has 0 aliphatic rings. The Kier molecular flexibility index (Phi) is 4.56. The molecule has 1 aromatic rings. The first kappa shape index (κ1) is 12.0. The van der Waals surface area contributed by atoms with Crippen LogP contribution < -0.4 is 4.90 Å². The van der Waals surface area contributed by atoms with Gasteiger partial charge in [0, 0.05) is 25.4 Å². The monoisotopic (exact) mass is 208 g/mol. The zero-order valence-corrected chi connectivity index (χ0v) is 9.77. The van der Waals surface area contributed by atoms with E-state index in [0.29, 0.717) is 6.04 Å². The molecule has 0 aliphatic carbocycles. The lowest BCUT2D eigenvalue weighted by molar-refractivity contribution is 0.288. The van der Waals surface area contributed by atoms with Gasteiger partial charge in [0.1, 0.15) is 5.82 Å². The summed E-state index contributed by atoms with van der Waals surface area (Å²) in [5.41, 5.74) is 1.18. The van der Waals surface area contributed by atoms with Crippen LogP contribution in [0, 0.1) is 6.92 Å². The number of rotatable bonds is 5. The van der Waals surface area contributed by atoms with Gasteiger partial charge in [0.05, 0.1) is 0 Å². The molecular weight excluding hydrogens is 188 g/mol. The van der Waals surface area contributed by atoms with Gasteiger partial charge in [-0.2, -0.15) is 0 Å². The van der Waals surface area contributed by atoms with E-state index in [1.54, 1.807) is 0 Å². The molecule has 0 unspecified atom stereocenters. The van der Waals surface area contributed by atoms with Crippen molar-refractivity contribution < 1.29 is 5.11 Å². The topological polar surface area (TPSA) is 36.4 Å². The van der Waals surface area contributed by atoms with Crippen LogP contribution in [0.4, 0.5) is 5.82 Å². The second-order valence-corrected chi connectivity index (χ2v) is 4.01. The first-order valence-corrected chi connectivity index (χ1v) is 5.46. The molecule has 0 radical (unpaired) electrons. The lowest BCUT2D eigenvalue weighted by Crippen LogP contribution is -2.33. The van der Waals surface area contributed by atoms with Crippen LogP contribution in [0.2, 0.25) is 0 Å².